The highest BCUT2D eigenvalue weighted by atomic mass is 19.2. The zero-order chi connectivity index (χ0) is 14.8. The van der Waals surface area contributed by atoms with E-state index in [9.17, 15) is 18.8 Å². The second-order valence-electron chi connectivity index (χ2n) is 5.05. The number of nitrogens with one attached hydrogen (secondary N) is 1. The molecule has 1 aromatic rings. The number of carbonyl (C=O) groups is 1. The lowest BCUT2D eigenvalue weighted by Crippen LogP contribution is -2.53. The fraction of sp³-hybridized carbons (Fsp3) is 0.429. The molecule has 0 bridgehead atoms. The molecule has 0 saturated carbocycles. The molecule has 1 aliphatic rings. The normalized spacial score (nSPS) is 18.3. The molecular formula is C14H15F2N3O. The summed E-state index contributed by atoms with van der Waals surface area (Å²) in [5.74, 6) is -3.02. The largest absolute Gasteiger partial charge is 0.334 e. The third-order valence-electron chi connectivity index (χ3n) is 3.60. The van der Waals surface area contributed by atoms with Gasteiger partial charge >= 0.3 is 0 Å². The Kier molecular flexibility index (Phi) is 4.00. The van der Waals surface area contributed by atoms with Crippen LogP contribution in [0.3, 0.4) is 0 Å². The molecule has 1 amide bonds. The van der Waals surface area contributed by atoms with E-state index in [2.05, 4.69) is 11.4 Å². The zero-order valence-electron chi connectivity index (χ0n) is 11.1. The van der Waals surface area contributed by atoms with Crippen molar-refractivity contribution in [3.8, 4) is 6.07 Å². The summed E-state index contributed by atoms with van der Waals surface area (Å²) in [5, 5.41) is 11.8. The van der Waals surface area contributed by atoms with Gasteiger partial charge < -0.3 is 10.2 Å². The van der Waals surface area contributed by atoms with Gasteiger partial charge in [0, 0.05) is 13.1 Å². The summed E-state index contributed by atoms with van der Waals surface area (Å²) in [6.45, 7) is 1.33. The molecule has 1 heterocycles. The van der Waals surface area contributed by atoms with E-state index < -0.39 is 23.1 Å². The maximum absolute atomic E-state index is 13.6. The molecular weight excluding hydrogens is 264 g/mol. The Bertz CT molecular complexity index is 560. The van der Waals surface area contributed by atoms with Crippen molar-refractivity contribution in [3.05, 3.63) is 35.4 Å². The SMILES string of the molecule is CN1CCC(C#N)(NC(=O)c2cccc(F)c2F)CC1. The van der Waals surface area contributed by atoms with Crippen LogP contribution in [0.5, 0.6) is 0 Å². The summed E-state index contributed by atoms with van der Waals surface area (Å²) in [7, 11) is 1.93. The maximum atomic E-state index is 13.6. The number of halogens is 2. The number of likely N-dealkylation sites (tertiary alicyclic amines) is 1. The van der Waals surface area contributed by atoms with Gasteiger partial charge in [-0.15, -0.1) is 0 Å². The number of nitrogens with zero attached hydrogens (tertiary/aromatic N) is 2. The first-order valence-corrected chi connectivity index (χ1v) is 6.34. The molecule has 20 heavy (non-hydrogen) atoms. The third-order valence-corrected chi connectivity index (χ3v) is 3.60. The first-order chi connectivity index (χ1) is 9.47. The lowest BCUT2D eigenvalue weighted by Gasteiger charge is -2.36. The molecule has 0 unspecified atom stereocenters. The number of benzene rings is 1. The Morgan fingerprint density at radius 3 is 2.65 bits per heavy atom. The molecule has 1 N–H and O–H groups in total. The average molecular weight is 279 g/mol. The molecule has 1 aliphatic heterocycles. The van der Waals surface area contributed by atoms with Crippen LogP contribution in [0.15, 0.2) is 18.2 Å². The number of rotatable bonds is 2. The fourth-order valence-corrected chi connectivity index (χ4v) is 2.23. The molecule has 0 aliphatic carbocycles. The van der Waals surface area contributed by atoms with Crippen molar-refractivity contribution in [2.24, 2.45) is 0 Å². The molecule has 0 radical (unpaired) electrons. The second kappa shape index (κ2) is 5.55. The molecule has 4 nitrogen and oxygen atoms in total. The van der Waals surface area contributed by atoms with Crippen molar-refractivity contribution in [2.45, 2.75) is 18.4 Å². The predicted octanol–water partition coefficient (Wildman–Crippen LogP) is 1.68. The monoisotopic (exact) mass is 279 g/mol. The van der Waals surface area contributed by atoms with Crippen LogP contribution in [0.2, 0.25) is 0 Å². The molecule has 0 atom stereocenters. The molecule has 2 rings (SSSR count). The molecule has 0 spiro atoms. The Balaban J connectivity index is 2.18. The highest BCUT2D eigenvalue weighted by molar-refractivity contribution is 5.95. The van der Waals surface area contributed by atoms with Gasteiger partial charge in [-0.05, 0) is 32.0 Å². The van der Waals surface area contributed by atoms with E-state index in [1.54, 1.807) is 0 Å². The summed E-state index contributed by atoms with van der Waals surface area (Å²) in [6.07, 6.45) is 0.922. The van der Waals surface area contributed by atoms with Gasteiger partial charge in [0.1, 0.15) is 5.54 Å². The van der Waals surface area contributed by atoms with Crippen LogP contribution in [0.1, 0.15) is 23.2 Å². The standard InChI is InChI=1S/C14H15F2N3O/c1-19-7-5-14(9-17,6-8-19)18-13(20)10-3-2-4-11(15)12(10)16/h2-4H,5-8H2,1H3,(H,18,20). The quantitative estimate of drug-likeness (QED) is 0.896. The zero-order valence-corrected chi connectivity index (χ0v) is 11.1. The van der Waals surface area contributed by atoms with Crippen molar-refractivity contribution < 1.29 is 13.6 Å². The van der Waals surface area contributed by atoms with E-state index in [1.165, 1.54) is 12.1 Å². The minimum absolute atomic E-state index is 0.376. The Labute approximate surface area is 116 Å². The fourth-order valence-electron chi connectivity index (χ4n) is 2.23. The van der Waals surface area contributed by atoms with Gasteiger partial charge in [0.2, 0.25) is 0 Å². The number of hydrogen-bond donors (Lipinski definition) is 1. The topological polar surface area (TPSA) is 56.1 Å². The van der Waals surface area contributed by atoms with Gasteiger partial charge in [0.15, 0.2) is 11.6 Å². The lowest BCUT2D eigenvalue weighted by atomic mass is 9.89. The van der Waals surface area contributed by atoms with Crippen LogP contribution in [-0.2, 0) is 0 Å². The minimum atomic E-state index is -1.19. The van der Waals surface area contributed by atoms with Gasteiger partial charge in [-0.1, -0.05) is 6.07 Å². The van der Waals surface area contributed by atoms with Crippen LogP contribution in [-0.4, -0.2) is 36.5 Å². The van der Waals surface area contributed by atoms with E-state index in [0.29, 0.717) is 25.9 Å². The van der Waals surface area contributed by atoms with Crippen LogP contribution in [0, 0.1) is 23.0 Å². The van der Waals surface area contributed by atoms with E-state index in [-0.39, 0.29) is 5.56 Å². The van der Waals surface area contributed by atoms with E-state index >= 15 is 0 Å². The molecule has 1 fully saturated rings. The first kappa shape index (κ1) is 14.4. The van der Waals surface area contributed by atoms with E-state index in [0.717, 1.165) is 6.07 Å². The van der Waals surface area contributed by atoms with E-state index in [4.69, 9.17) is 0 Å². The van der Waals surface area contributed by atoms with E-state index in [1.807, 2.05) is 11.9 Å². The molecule has 0 aromatic heterocycles. The van der Waals surface area contributed by atoms with Crippen LogP contribution < -0.4 is 5.32 Å². The number of piperidine rings is 1. The van der Waals surface area contributed by atoms with Crippen molar-refractivity contribution in [2.75, 3.05) is 20.1 Å². The van der Waals surface area contributed by atoms with Crippen molar-refractivity contribution in [1.82, 2.24) is 10.2 Å². The van der Waals surface area contributed by atoms with Gasteiger partial charge in [-0.25, -0.2) is 8.78 Å². The summed E-state index contributed by atoms with van der Waals surface area (Å²) in [6, 6.07) is 5.51. The van der Waals surface area contributed by atoms with Gasteiger partial charge in [-0.2, -0.15) is 5.26 Å². The molecule has 6 heteroatoms. The first-order valence-electron chi connectivity index (χ1n) is 6.34. The maximum Gasteiger partial charge on any atom is 0.255 e. The van der Waals surface area contributed by atoms with Crippen LogP contribution >= 0.6 is 0 Å². The van der Waals surface area contributed by atoms with Gasteiger partial charge in [0.05, 0.1) is 11.6 Å². The summed E-state index contributed by atoms with van der Waals surface area (Å²) >= 11 is 0. The average Bonchev–Trinajstić information content (AvgIpc) is 2.44. The summed E-state index contributed by atoms with van der Waals surface area (Å²) in [4.78, 5) is 14.1. The van der Waals surface area contributed by atoms with Crippen molar-refractivity contribution in [3.63, 3.8) is 0 Å². The van der Waals surface area contributed by atoms with Gasteiger partial charge in [0.25, 0.3) is 5.91 Å². The smallest absolute Gasteiger partial charge is 0.255 e. The van der Waals surface area contributed by atoms with Crippen LogP contribution in [0.4, 0.5) is 8.78 Å². The number of carbonyl (C=O) groups excluding carboxylic acids is 1. The molecule has 1 aromatic carbocycles. The Hall–Kier alpha value is -2.00. The highest BCUT2D eigenvalue weighted by Gasteiger charge is 2.36. The van der Waals surface area contributed by atoms with Crippen LogP contribution in [0.25, 0.3) is 0 Å². The predicted molar refractivity (Wildman–Crippen MR) is 68.9 cm³/mol. The number of hydrogen-bond acceptors (Lipinski definition) is 3. The van der Waals surface area contributed by atoms with Crippen molar-refractivity contribution >= 4 is 5.91 Å². The Morgan fingerprint density at radius 1 is 1.40 bits per heavy atom. The summed E-state index contributed by atoms with van der Waals surface area (Å²) < 4.78 is 26.7. The molecule has 1 saturated heterocycles. The third kappa shape index (κ3) is 2.78. The second-order valence-corrected chi connectivity index (χ2v) is 5.05. The van der Waals surface area contributed by atoms with Crippen molar-refractivity contribution in [1.29, 1.82) is 5.26 Å². The minimum Gasteiger partial charge on any atom is -0.334 e. The van der Waals surface area contributed by atoms with Gasteiger partial charge in [-0.3, -0.25) is 4.79 Å². The number of nitriles is 1. The molecule has 106 valence electrons. The number of amides is 1. The Morgan fingerprint density at radius 2 is 2.05 bits per heavy atom. The highest BCUT2D eigenvalue weighted by Crippen LogP contribution is 2.22. The summed E-state index contributed by atoms with van der Waals surface area (Å²) in [5.41, 5.74) is -1.39. The lowest BCUT2D eigenvalue weighted by molar-refractivity contribution is 0.0877.